The van der Waals surface area contributed by atoms with E-state index in [-0.39, 0.29) is 30.8 Å². The number of hydrogen-bond acceptors (Lipinski definition) is 7. The normalized spacial score (nSPS) is 25.8. The minimum Gasteiger partial charge on any atom is -0.487 e. The Balaban J connectivity index is 2.18. The molecule has 0 bridgehead atoms. The van der Waals surface area contributed by atoms with E-state index in [1.54, 1.807) is 32.0 Å². The molecule has 0 amide bonds. The summed E-state index contributed by atoms with van der Waals surface area (Å²) in [6.07, 6.45) is 0.719. The topological polar surface area (TPSA) is 103 Å². The van der Waals surface area contributed by atoms with Crippen molar-refractivity contribution in [1.29, 1.82) is 5.26 Å². The third-order valence-electron chi connectivity index (χ3n) is 4.82. The lowest BCUT2D eigenvalue weighted by Gasteiger charge is -2.44. The van der Waals surface area contributed by atoms with Gasteiger partial charge in [0.25, 0.3) is 0 Å². The number of carbonyl (C=O) groups is 3. The highest BCUT2D eigenvalue weighted by Gasteiger charge is 2.63. The fourth-order valence-corrected chi connectivity index (χ4v) is 3.66. The van der Waals surface area contributed by atoms with Crippen molar-refractivity contribution in [2.45, 2.75) is 26.4 Å². The maximum Gasteiger partial charge on any atom is 0.334 e. The van der Waals surface area contributed by atoms with Crippen molar-refractivity contribution in [2.75, 3.05) is 13.2 Å². The van der Waals surface area contributed by atoms with Gasteiger partial charge in [-0.05, 0) is 26.0 Å². The van der Waals surface area contributed by atoms with Gasteiger partial charge in [0.2, 0.25) is 0 Å². The molecular weight excluding hydrogens is 350 g/mol. The maximum absolute atomic E-state index is 13.4. The van der Waals surface area contributed by atoms with Crippen LogP contribution in [0.1, 0.15) is 30.6 Å². The average Bonchev–Trinajstić information content (AvgIpc) is 2.67. The smallest absolute Gasteiger partial charge is 0.334 e. The first-order chi connectivity index (χ1) is 13.0. The third kappa shape index (κ3) is 2.78. The van der Waals surface area contributed by atoms with Crippen molar-refractivity contribution in [3.63, 3.8) is 0 Å². The van der Waals surface area contributed by atoms with Crippen LogP contribution in [0.3, 0.4) is 0 Å². The number of ketones is 1. The van der Waals surface area contributed by atoms with Crippen LogP contribution in [0.25, 0.3) is 0 Å². The summed E-state index contributed by atoms with van der Waals surface area (Å²) in [5.41, 5.74) is -1.73. The van der Waals surface area contributed by atoms with Gasteiger partial charge in [0.1, 0.15) is 17.8 Å². The number of rotatable bonds is 4. The summed E-state index contributed by atoms with van der Waals surface area (Å²) in [5.74, 6) is -3.17. The molecule has 7 nitrogen and oxygen atoms in total. The van der Waals surface area contributed by atoms with Gasteiger partial charge < -0.3 is 14.2 Å². The number of carbonyl (C=O) groups excluding carboxylic acids is 3. The van der Waals surface area contributed by atoms with Crippen molar-refractivity contribution in [2.24, 2.45) is 11.3 Å². The number of hydrogen-bond donors (Lipinski definition) is 0. The SMILES string of the molecule is CCOC(=O)C1=CC[C@@H]2Oc3ccccc3C(=O)[C@]2(C#N)[C@@H]1C(=O)OCC. The molecule has 0 saturated carbocycles. The minimum absolute atomic E-state index is 0.0376. The molecule has 0 saturated heterocycles. The first-order valence-electron chi connectivity index (χ1n) is 8.76. The molecule has 0 unspecified atom stereocenters. The van der Waals surface area contributed by atoms with Gasteiger partial charge >= 0.3 is 11.9 Å². The summed E-state index contributed by atoms with van der Waals surface area (Å²) < 4.78 is 16.0. The second-order valence-electron chi connectivity index (χ2n) is 6.21. The molecule has 0 radical (unpaired) electrons. The molecule has 0 aromatic heterocycles. The molecule has 1 aromatic rings. The number of benzene rings is 1. The van der Waals surface area contributed by atoms with E-state index in [4.69, 9.17) is 14.2 Å². The van der Waals surface area contributed by atoms with Gasteiger partial charge in [0.05, 0.1) is 24.8 Å². The van der Waals surface area contributed by atoms with Gasteiger partial charge in [-0.25, -0.2) is 4.79 Å². The molecule has 0 spiro atoms. The molecule has 1 aromatic carbocycles. The zero-order valence-corrected chi connectivity index (χ0v) is 15.1. The molecule has 1 aliphatic heterocycles. The Bertz CT molecular complexity index is 867. The Labute approximate surface area is 156 Å². The maximum atomic E-state index is 13.4. The molecule has 1 heterocycles. The van der Waals surface area contributed by atoms with Crippen molar-refractivity contribution >= 4 is 17.7 Å². The van der Waals surface area contributed by atoms with Crippen LogP contribution in [0.2, 0.25) is 0 Å². The van der Waals surface area contributed by atoms with Gasteiger partial charge in [-0.2, -0.15) is 5.26 Å². The number of ether oxygens (including phenoxy) is 3. The summed E-state index contributed by atoms with van der Waals surface area (Å²) in [6, 6.07) is 8.55. The van der Waals surface area contributed by atoms with Crippen LogP contribution in [0.5, 0.6) is 5.75 Å². The van der Waals surface area contributed by atoms with E-state index in [0.717, 1.165) is 0 Å². The number of Topliss-reactive ketones (excluding diaryl/α,β-unsaturated/α-hetero) is 1. The molecule has 1 aliphatic carbocycles. The van der Waals surface area contributed by atoms with Crippen LogP contribution in [-0.2, 0) is 19.1 Å². The van der Waals surface area contributed by atoms with Crippen LogP contribution in [0, 0.1) is 22.7 Å². The summed E-state index contributed by atoms with van der Waals surface area (Å²) in [7, 11) is 0. The molecule has 0 fully saturated rings. The largest absolute Gasteiger partial charge is 0.487 e. The van der Waals surface area contributed by atoms with Crippen LogP contribution in [-0.4, -0.2) is 37.0 Å². The summed E-state index contributed by atoms with van der Waals surface area (Å²) >= 11 is 0. The van der Waals surface area contributed by atoms with E-state index in [9.17, 15) is 19.6 Å². The van der Waals surface area contributed by atoms with Gasteiger partial charge in [0, 0.05) is 12.0 Å². The second-order valence-corrected chi connectivity index (χ2v) is 6.21. The Hall–Kier alpha value is -3.14. The standard InChI is InChI=1S/C20H19NO6/c1-3-25-18(23)13-9-10-15-20(11-21,16(13)19(24)26-4-2)17(22)12-7-5-6-8-14(12)27-15/h5-9,15-16H,3-4,10H2,1-2H3/t15-,16-,20-/m0/s1. The summed E-state index contributed by atoms with van der Waals surface area (Å²) in [5, 5.41) is 10.1. The van der Waals surface area contributed by atoms with E-state index in [1.807, 2.05) is 6.07 Å². The number of para-hydroxylation sites is 1. The summed E-state index contributed by atoms with van der Waals surface area (Å²) in [6.45, 7) is 3.39. The Kier molecular flexibility index (Phi) is 5.00. The zero-order valence-electron chi connectivity index (χ0n) is 15.1. The first-order valence-corrected chi connectivity index (χ1v) is 8.76. The van der Waals surface area contributed by atoms with Gasteiger partial charge in [-0.15, -0.1) is 0 Å². The molecule has 2 aliphatic rings. The van der Waals surface area contributed by atoms with E-state index in [2.05, 4.69) is 0 Å². The van der Waals surface area contributed by atoms with Gasteiger partial charge in [-0.3, -0.25) is 9.59 Å². The monoisotopic (exact) mass is 369 g/mol. The highest BCUT2D eigenvalue weighted by molar-refractivity contribution is 6.11. The lowest BCUT2D eigenvalue weighted by Crippen LogP contribution is -2.58. The summed E-state index contributed by atoms with van der Waals surface area (Å²) in [4.78, 5) is 38.6. The van der Waals surface area contributed by atoms with Crippen molar-refractivity contribution in [3.05, 3.63) is 41.5 Å². The molecule has 3 atom stereocenters. The number of nitriles is 1. The fourth-order valence-electron chi connectivity index (χ4n) is 3.66. The van der Waals surface area contributed by atoms with Crippen LogP contribution >= 0.6 is 0 Å². The molecule has 3 rings (SSSR count). The van der Waals surface area contributed by atoms with E-state index in [1.165, 1.54) is 12.1 Å². The number of esters is 2. The lowest BCUT2D eigenvalue weighted by atomic mass is 9.60. The lowest BCUT2D eigenvalue weighted by molar-refractivity contribution is -0.155. The second kappa shape index (κ2) is 7.23. The van der Waals surface area contributed by atoms with E-state index in [0.29, 0.717) is 5.75 Å². The molecule has 140 valence electrons. The highest BCUT2D eigenvalue weighted by atomic mass is 16.5. The van der Waals surface area contributed by atoms with E-state index < -0.39 is 35.2 Å². The Morgan fingerprint density at radius 2 is 1.96 bits per heavy atom. The van der Waals surface area contributed by atoms with Crippen LogP contribution in [0.15, 0.2) is 35.9 Å². The average molecular weight is 369 g/mol. The number of nitrogens with zero attached hydrogens (tertiary/aromatic N) is 1. The van der Waals surface area contributed by atoms with Gasteiger partial charge in [-0.1, -0.05) is 18.2 Å². The zero-order chi connectivity index (χ0) is 19.6. The Morgan fingerprint density at radius 3 is 2.63 bits per heavy atom. The van der Waals surface area contributed by atoms with Crippen molar-refractivity contribution in [3.8, 4) is 11.8 Å². The minimum atomic E-state index is -1.89. The predicted molar refractivity (Wildman–Crippen MR) is 92.7 cm³/mol. The van der Waals surface area contributed by atoms with Crippen molar-refractivity contribution in [1.82, 2.24) is 0 Å². The van der Waals surface area contributed by atoms with Crippen LogP contribution < -0.4 is 4.74 Å². The molecule has 7 heteroatoms. The third-order valence-corrected chi connectivity index (χ3v) is 4.82. The van der Waals surface area contributed by atoms with Crippen LogP contribution in [0.4, 0.5) is 0 Å². The molecule has 27 heavy (non-hydrogen) atoms. The highest BCUT2D eigenvalue weighted by Crippen LogP contribution is 2.50. The quantitative estimate of drug-likeness (QED) is 0.750. The molecule has 0 N–H and O–H groups in total. The van der Waals surface area contributed by atoms with Gasteiger partial charge in [0.15, 0.2) is 11.2 Å². The predicted octanol–water partition coefficient (Wildman–Crippen LogP) is 2.21. The first kappa shape index (κ1) is 18.6. The fraction of sp³-hybridized carbons (Fsp3) is 0.400. The van der Waals surface area contributed by atoms with E-state index >= 15 is 0 Å². The molecular formula is C20H19NO6. The number of fused-ring (bicyclic) bond motifs is 2. The van der Waals surface area contributed by atoms with Crippen molar-refractivity contribution < 1.29 is 28.6 Å². The Morgan fingerprint density at radius 1 is 1.26 bits per heavy atom.